The summed E-state index contributed by atoms with van der Waals surface area (Å²) in [6, 6.07) is 5.29. The molecule has 0 aromatic heterocycles. The van der Waals surface area contributed by atoms with E-state index in [0.717, 1.165) is 13.0 Å². The molecule has 0 bridgehead atoms. The van der Waals surface area contributed by atoms with E-state index >= 15 is 0 Å². The fourth-order valence-electron chi connectivity index (χ4n) is 2.33. The molecule has 0 saturated carbocycles. The van der Waals surface area contributed by atoms with E-state index in [-0.39, 0.29) is 18.0 Å². The van der Waals surface area contributed by atoms with Gasteiger partial charge in [-0.25, -0.2) is 4.39 Å². The monoisotopic (exact) mass is 345 g/mol. The number of ether oxygens (including phenoxy) is 1. The molecule has 0 radical (unpaired) electrons. The minimum atomic E-state index is -0.202. The van der Waals surface area contributed by atoms with Crippen molar-refractivity contribution >= 4 is 15.9 Å². The second-order valence-electron chi connectivity index (χ2n) is 5.24. The summed E-state index contributed by atoms with van der Waals surface area (Å²) in [5.74, 6) is 0.106. The van der Waals surface area contributed by atoms with Crippen LogP contribution in [0.3, 0.4) is 0 Å². The summed E-state index contributed by atoms with van der Waals surface area (Å²) in [4.78, 5) is 0. The normalized spacial score (nSPS) is 14.6. The molecule has 4 heteroatoms. The number of hydrogen-bond acceptors (Lipinski definition) is 2. The van der Waals surface area contributed by atoms with E-state index < -0.39 is 0 Å². The fraction of sp³-hybridized carbons (Fsp3) is 0.625. The molecular weight excluding hydrogens is 321 g/mol. The Labute approximate surface area is 130 Å². The van der Waals surface area contributed by atoms with Gasteiger partial charge in [0, 0.05) is 12.2 Å². The third kappa shape index (κ3) is 4.54. The van der Waals surface area contributed by atoms with Crippen LogP contribution in [0.25, 0.3) is 0 Å². The summed E-state index contributed by atoms with van der Waals surface area (Å²) in [6.45, 7) is 9.76. The summed E-state index contributed by atoms with van der Waals surface area (Å²) < 4.78 is 20.8. The zero-order valence-corrected chi connectivity index (χ0v) is 14.3. The van der Waals surface area contributed by atoms with Crippen molar-refractivity contribution in [2.24, 2.45) is 5.92 Å². The van der Waals surface area contributed by atoms with E-state index in [1.54, 1.807) is 6.07 Å². The summed E-state index contributed by atoms with van der Waals surface area (Å²) >= 11 is 3.26. The van der Waals surface area contributed by atoms with Gasteiger partial charge in [-0.1, -0.05) is 32.9 Å². The molecule has 0 aliphatic heterocycles. The van der Waals surface area contributed by atoms with Gasteiger partial charge in [0.15, 0.2) is 0 Å². The molecule has 114 valence electrons. The molecule has 2 unspecified atom stereocenters. The first-order valence-electron chi connectivity index (χ1n) is 7.31. The van der Waals surface area contributed by atoms with Crippen molar-refractivity contribution in [3.8, 4) is 0 Å². The summed E-state index contributed by atoms with van der Waals surface area (Å²) in [7, 11) is 0. The van der Waals surface area contributed by atoms with Gasteiger partial charge >= 0.3 is 0 Å². The Morgan fingerprint density at radius 2 is 2.00 bits per heavy atom. The highest BCUT2D eigenvalue weighted by molar-refractivity contribution is 9.10. The van der Waals surface area contributed by atoms with Crippen molar-refractivity contribution in [1.82, 2.24) is 5.32 Å². The average Bonchev–Trinajstić information content (AvgIpc) is 2.41. The van der Waals surface area contributed by atoms with Gasteiger partial charge in [-0.2, -0.15) is 0 Å². The maximum atomic E-state index is 14.4. The Balaban J connectivity index is 3.12. The molecule has 1 rings (SSSR count). The number of benzene rings is 1. The Hall–Kier alpha value is -0.450. The summed E-state index contributed by atoms with van der Waals surface area (Å²) in [5.41, 5.74) is 0.667. The van der Waals surface area contributed by atoms with Gasteiger partial charge < -0.3 is 10.1 Å². The smallest absolute Gasteiger partial charge is 0.142 e. The molecule has 0 aliphatic rings. The molecule has 0 amide bonds. The predicted octanol–water partition coefficient (Wildman–Crippen LogP) is 4.69. The van der Waals surface area contributed by atoms with Gasteiger partial charge in [-0.3, -0.25) is 0 Å². The van der Waals surface area contributed by atoms with Crippen molar-refractivity contribution < 1.29 is 9.13 Å². The second kappa shape index (κ2) is 8.75. The molecule has 0 fully saturated rings. The van der Waals surface area contributed by atoms with Crippen molar-refractivity contribution in [2.45, 2.75) is 46.3 Å². The molecule has 0 spiro atoms. The first-order valence-corrected chi connectivity index (χ1v) is 8.11. The lowest BCUT2D eigenvalue weighted by atomic mass is 9.93. The fourth-order valence-corrected chi connectivity index (χ4v) is 2.71. The predicted molar refractivity (Wildman–Crippen MR) is 85.4 cm³/mol. The van der Waals surface area contributed by atoms with E-state index in [9.17, 15) is 4.39 Å². The van der Waals surface area contributed by atoms with E-state index in [4.69, 9.17) is 4.74 Å². The number of hydrogen-bond donors (Lipinski definition) is 1. The zero-order valence-electron chi connectivity index (χ0n) is 12.7. The van der Waals surface area contributed by atoms with E-state index in [1.807, 2.05) is 19.1 Å². The Morgan fingerprint density at radius 3 is 2.55 bits per heavy atom. The molecule has 0 heterocycles. The topological polar surface area (TPSA) is 21.3 Å². The van der Waals surface area contributed by atoms with Gasteiger partial charge in [-0.15, -0.1) is 0 Å². The van der Waals surface area contributed by atoms with Crippen LogP contribution in [0.5, 0.6) is 0 Å². The molecule has 2 atom stereocenters. The van der Waals surface area contributed by atoms with Gasteiger partial charge in [0.2, 0.25) is 0 Å². The van der Waals surface area contributed by atoms with Gasteiger partial charge in [-0.05, 0) is 47.8 Å². The molecule has 0 saturated heterocycles. The van der Waals surface area contributed by atoms with Crippen molar-refractivity contribution in [2.75, 3.05) is 13.2 Å². The SMILES string of the molecule is CCCNC(c1cccc(Br)c1F)C(OCC)C(C)C. The number of nitrogens with one attached hydrogen (secondary N) is 1. The Kier molecular flexibility index (Phi) is 7.70. The maximum Gasteiger partial charge on any atom is 0.142 e. The van der Waals surface area contributed by atoms with Crippen LogP contribution in [0, 0.1) is 11.7 Å². The maximum absolute atomic E-state index is 14.4. The van der Waals surface area contributed by atoms with E-state index in [1.165, 1.54) is 0 Å². The first-order chi connectivity index (χ1) is 9.52. The Morgan fingerprint density at radius 1 is 1.30 bits per heavy atom. The van der Waals surface area contributed by atoms with Gasteiger partial charge in [0.1, 0.15) is 5.82 Å². The van der Waals surface area contributed by atoms with Crippen LogP contribution in [0.4, 0.5) is 4.39 Å². The average molecular weight is 346 g/mol. The number of rotatable bonds is 8. The van der Waals surface area contributed by atoms with Gasteiger partial charge in [0.25, 0.3) is 0 Å². The van der Waals surface area contributed by atoms with E-state index in [0.29, 0.717) is 22.6 Å². The van der Waals surface area contributed by atoms with Crippen LogP contribution in [0.2, 0.25) is 0 Å². The van der Waals surface area contributed by atoms with Gasteiger partial charge in [0.05, 0.1) is 16.6 Å². The van der Waals surface area contributed by atoms with E-state index in [2.05, 4.69) is 42.0 Å². The summed E-state index contributed by atoms with van der Waals surface area (Å²) in [6.07, 6.45) is 0.957. The van der Waals surface area contributed by atoms with Crippen molar-refractivity contribution in [3.63, 3.8) is 0 Å². The lowest BCUT2D eigenvalue weighted by Crippen LogP contribution is -2.38. The third-order valence-corrected chi connectivity index (χ3v) is 3.89. The third-order valence-electron chi connectivity index (χ3n) is 3.28. The lowest BCUT2D eigenvalue weighted by molar-refractivity contribution is 0.00200. The zero-order chi connectivity index (χ0) is 15.1. The first kappa shape index (κ1) is 17.6. The molecule has 20 heavy (non-hydrogen) atoms. The van der Waals surface area contributed by atoms with Crippen LogP contribution >= 0.6 is 15.9 Å². The van der Waals surface area contributed by atoms with Crippen LogP contribution in [0.15, 0.2) is 22.7 Å². The minimum Gasteiger partial charge on any atom is -0.376 e. The van der Waals surface area contributed by atoms with Crippen LogP contribution in [-0.4, -0.2) is 19.3 Å². The Bertz CT molecular complexity index is 411. The standard InChI is InChI=1S/C16H25BrFNO/c1-5-10-19-15(16(11(3)4)20-6-2)12-8-7-9-13(17)14(12)18/h7-9,11,15-16,19H,5-6,10H2,1-4H3. The lowest BCUT2D eigenvalue weighted by Gasteiger charge is -2.31. The van der Waals surface area contributed by atoms with Crippen LogP contribution in [-0.2, 0) is 4.74 Å². The van der Waals surface area contributed by atoms with Crippen molar-refractivity contribution in [1.29, 1.82) is 0 Å². The minimum absolute atomic E-state index is 0.0460. The highest BCUT2D eigenvalue weighted by Crippen LogP contribution is 2.30. The molecule has 1 aromatic rings. The number of halogens is 2. The van der Waals surface area contributed by atoms with Crippen LogP contribution < -0.4 is 5.32 Å². The molecule has 2 nitrogen and oxygen atoms in total. The highest BCUT2D eigenvalue weighted by Gasteiger charge is 2.28. The molecule has 0 aliphatic carbocycles. The van der Waals surface area contributed by atoms with Crippen molar-refractivity contribution in [3.05, 3.63) is 34.1 Å². The largest absolute Gasteiger partial charge is 0.376 e. The highest BCUT2D eigenvalue weighted by atomic mass is 79.9. The molecule has 1 N–H and O–H groups in total. The molecular formula is C16H25BrFNO. The quantitative estimate of drug-likeness (QED) is 0.737. The van der Waals surface area contributed by atoms with Crippen LogP contribution in [0.1, 0.15) is 45.7 Å². The molecule has 1 aromatic carbocycles. The second-order valence-corrected chi connectivity index (χ2v) is 6.09. The summed E-state index contributed by atoms with van der Waals surface area (Å²) in [5, 5.41) is 3.43.